The lowest BCUT2D eigenvalue weighted by atomic mass is 10.1. The molecule has 0 bridgehead atoms. The summed E-state index contributed by atoms with van der Waals surface area (Å²) in [7, 11) is 0. The van der Waals surface area contributed by atoms with Crippen molar-refractivity contribution in [2.75, 3.05) is 0 Å². The van der Waals surface area contributed by atoms with E-state index in [4.69, 9.17) is 0 Å². The maximum absolute atomic E-state index is 11.3. The minimum absolute atomic E-state index is 0.404. The first kappa shape index (κ1) is 14.4. The highest BCUT2D eigenvalue weighted by molar-refractivity contribution is 5.86. The maximum Gasteiger partial charge on any atom is 0.352 e. The fourth-order valence-electron chi connectivity index (χ4n) is 2.41. The molecular formula is C17H21NO2. The summed E-state index contributed by atoms with van der Waals surface area (Å²) in [6, 6.07) is 14.0. The second-order valence-corrected chi connectivity index (χ2v) is 5.01. The summed E-state index contributed by atoms with van der Waals surface area (Å²) >= 11 is 0. The monoisotopic (exact) mass is 271 g/mol. The van der Waals surface area contributed by atoms with Gasteiger partial charge >= 0.3 is 5.97 Å². The smallest absolute Gasteiger partial charge is 0.352 e. The van der Waals surface area contributed by atoms with E-state index in [0.717, 1.165) is 37.9 Å². The molecule has 0 fully saturated rings. The van der Waals surface area contributed by atoms with Gasteiger partial charge in [0.25, 0.3) is 0 Å². The molecule has 1 N–H and O–H groups in total. The summed E-state index contributed by atoms with van der Waals surface area (Å²) in [4.78, 5) is 11.3. The summed E-state index contributed by atoms with van der Waals surface area (Å²) in [5.41, 5.74) is 2.80. The quantitative estimate of drug-likeness (QED) is 0.833. The van der Waals surface area contributed by atoms with E-state index >= 15 is 0 Å². The van der Waals surface area contributed by atoms with E-state index in [2.05, 4.69) is 19.1 Å². The van der Waals surface area contributed by atoms with Crippen molar-refractivity contribution in [3.8, 4) is 0 Å². The van der Waals surface area contributed by atoms with Gasteiger partial charge in [-0.15, -0.1) is 0 Å². The van der Waals surface area contributed by atoms with E-state index in [1.165, 1.54) is 5.56 Å². The van der Waals surface area contributed by atoms with Crippen molar-refractivity contribution in [2.45, 2.75) is 39.2 Å². The van der Waals surface area contributed by atoms with Crippen molar-refractivity contribution >= 4 is 5.97 Å². The number of hydrogen-bond acceptors (Lipinski definition) is 1. The Morgan fingerprint density at radius 3 is 2.50 bits per heavy atom. The zero-order valence-corrected chi connectivity index (χ0v) is 11.9. The number of rotatable bonds is 7. The van der Waals surface area contributed by atoms with Crippen LogP contribution in [0, 0.1) is 0 Å². The Labute approximate surface area is 119 Å². The summed E-state index contributed by atoms with van der Waals surface area (Å²) < 4.78 is 1.95. The molecule has 3 nitrogen and oxygen atoms in total. The Morgan fingerprint density at radius 1 is 1.10 bits per heavy atom. The number of carbonyl (C=O) groups is 1. The van der Waals surface area contributed by atoms with E-state index in [-0.39, 0.29) is 0 Å². The minimum Gasteiger partial charge on any atom is -0.477 e. The molecule has 0 unspecified atom stereocenters. The Morgan fingerprint density at radius 2 is 1.85 bits per heavy atom. The normalized spacial score (nSPS) is 10.7. The number of carboxylic acid groups (broad SMARTS) is 1. The van der Waals surface area contributed by atoms with Crippen LogP contribution in [0.3, 0.4) is 0 Å². The van der Waals surface area contributed by atoms with Crippen molar-refractivity contribution in [3.63, 3.8) is 0 Å². The number of aromatic nitrogens is 1. The highest BCUT2D eigenvalue weighted by atomic mass is 16.4. The largest absolute Gasteiger partial charge is 0.477 e. The van der Waals surface area contributed by atoms with Crippen LogP contribution in [0.1, 0.15) is 41.5 Å². The first-order valence-electron chi connectivity index (χ1n) is 7.18. The highest BCUT2D eigenvalue weighted by Crippen LogP contribution is 2.14. The molecule has 2 aromatic rings. The molecule has 1 heterocycles. The van der Waals surface area contributed by atoms with Crippen LogP contribution in [-0.2, 0) is 19.4 Å². The third-order valence-electron chi connectivity index (χ3n) is 3.54. The van der Waals surface area contributed by atoms with E-state index in [9.17, 15) is 9.90 Å². The van der Waals surface area contributed by atoms with Crippen LogP contribution in [0.4, 0.5) is 0 Å². The number of aromatic carboxylic acids is 1. The number of hydrogen-bond donors (Lipinski definition) is 1. The second-order valence-electron chi connectivity index (χ2n) is 5.01. The molecular weight excluding hydrogens is 250 g/mol. The van der Waals surface area contributed by atoms with Gasteiger partial charge in [-0.05, 0) is 37.0 Å². The average molecular weight is 271 g/mol. The van der Waals surface area contributed by atoms with Gasteiger partial charge in [0.05, 0.1) is 0 Å². The van der Waals surface area contributed by atoms with Gasteiger partial charge < -0.3 is 9.67 Å². The summed E-state index contributed by atoms with van der Waals surface area (Å²) in [5, 5.41) is 9.24. The zero-order valence-electron chi connectivity index (χ0n) is 11.9. The van der Waals surface area contributed by atoms with Gasteiger partial charge in [-0.2, -0.15) is 0 Å². The lowest BCUT2D eigenvalue weighted by Gasteiger charge is -2.11. The first-order chi connectivity index (χ1) is 9.72. The molecule has 0 atom stereocenters. The standard InChI is InChI=1S/C17H21NO2/c1-2-3-13-18-15(11-12-16(18)17(19)20)10-9-14-7-5-4-6-8-14/h4-8,11-12H,2-3,9-10,13H2,1H3,(H,19,20). The van der Waals surface area contributed by atoms with Crippen molar-refractivity contribution in [1.29, 1.82) is 0 Å². The fraction of sp³-hybridized carbons (Fsp3) is 0.353. The van der Waals surface area contributed by atoms with Crippen molar-refractivity contribution in [1.82, 2.24) is 4.57 Å². The number of unbranched alkanes of at least 4 members (excludes halogenated alkanes) is 1. The van der Waals surface area contributed by atoms with E-state index < -0.39 is 5.97 Å². The molecule has 0 aliphatic heterocycles. The Bertz CT molecular complexity index is 558. The molecule has 106 valence electrons. The SMILES string of the molecule is CCCCn1c(CCc2ccccc2)ccc1C(=O)O. The predicted octanol–water partition coefficient (Wildman–Crippen LogP) is 3.77. The Kier molecular flexibility index (Phi) is 4.99. The summed E-state index contributed by atoms with van der Waals surface area (Å²) in [6.07, 6.45) is 3.89. The average Bonchev–Trinajstić information content (AvgIpc) is 2.87. The first-order valence-corrected chi connectivity index (χ1v) is 7.18. The minimum atomic E-state index is -0.841. The summed E-state index contributed by atoms with van der Waals surface area (Å²) in [5.74, 6) is -0.841. The second kappa shape index (κ2) is 6.94. The predicted molar refractivity (Wildman–Crippen MR) is 80.1 cm³/mol. The van der Waals surface area contributed by atoms with Crippen LogP contribution in [0.15, 0.2) is 42.5 Å². The Hall–Kier alpha value is -2.03. The van der Waals surface area contributed by atoms with E-state index in [1.54, 1.807) is 6.07 Å². The highest BCUT2D eigenvalue weighted by Gasteiger charge is 2.13. The van der Waals surface area contributed by atoms with Gasteiger partial charge in [0.2, 0.25) is 0 Å². The van der Waals surface area contributed by atoms with Crippen LogP contribution < -0.4 is 0 Å². The lowest BCUT2D eigenvalue weighted by molar-refractivity contribution is 0.0684. The molecule has 1 aromatic carbocycles. The van der Waals surface area contributed by atoms with Crippen LogP contribution in [0.2, 0.25) is 0 Å². The van der Waals surface area contributed by atoms with Gasteiger partial charge in [0.1, 0.15) is 5.69 Å². The summed E-state index contributed by atoms with van der Waals surface area (Å²) in [6.45, 7) is 2.91. The van der Waals surface area contributed by atoms with Gasteiger partial charge in [-0.25, -0.2) is 4.79 Å². The molecule has 1 aromatic heterocycles. The zero-order chi connectivity index (χ0) is 14.4. The molecule has 0 saturated heterocycles. The van der Waals surface area contributed by atoms with Crippen LogP contribution in [0.25, 0.3) is 0 Å². The number of benzene rings is 1. The lowest BCUT2D eigenvalue weighted by Crippen LogP contribution is -2.12. The molecule has 0 aliphatic carbocycles. The van der Waals surface area contributed by atoms with Crippen LogP contribution in [-0.4, -0.2) is 15.6 Å². The van der Waals surface area contributed by atoms with Crippen molar-refractivity contribution in [3.05, 3.63) is 59.4 Å². The molecule has 0 aliphatic rings. The third kappa shape index (κ3) is 3.50. The number of aryl methyl sites for hydroxylation is 2. The number of nitrogens with zero attached hydrogens (tertiary/aromatic N) is 1. The molecule has 3 heteroatoms. The molecule has 20 heavy (non-hydrogen) atoms. The van der Waals surface area contributed by atoms with Crippen molar-refractivity contribution in [2.24, 2.45) is 0 Å². The molecule has 2 rings (SSSR count). The molecule has 0 amide bonds. The maximum atomic E-state index is 11.3. The van der Waals surface area contributed by atoms with Gasteiger partial charge in [-0.3, -0.25) is 0 Å². The molecule has 0 radical (unpaired) electrons. The van der Waals surface area contributed by atoms with E-state index in [0.29, 0.717) is 5.69 Å². The molecule has 0 spiro atoms. The van der Waals surface area contributed by atoms with Crippen LogP contribution >= 0.6 is 0 Å². The third-order valence-corrected chi connectivity index (χ3v) is 3.54. The van der Waals surface area contributed by atoms with Gasteiger partial charge in [0, 0.05) is 12.2 Å². The van der Waals surface area contributed by atoms with Crippen molar-refractivity contribution < 1.29 is 9.90 Å². The number of carboxylic acids is 1. The molecule has 0 saturated carbocycles. The van der Waals surface area contributed by atoms with Gasteiger partial charge in [0.15, 0.2) is 0 Å². The van der Waals surface area contributed by atoms with E-state index in [1.807, 2.05) is 28.8 Å². The van der Waals surface area contributed by atoms with Gasteiger partial charge in [-0.1, -0.05) is 43.7 Å². The Balaban J connectivity index is 2.12. The topological polar surface area (TPSA) is 42.2 Å². The van der Waals surface area contributed by atoms with Crippen LogP contribution in [0.5, 0.6) is 0 Å². The fourth-order valence-corrected chi connectivity index (χ4v) is 2.41.